The van der Waals surface area contributed by atoms with Crippen molar-refractivity contribution in [3.8, 4) is 0 Å². The van der Waals surface area contributed by atoms with Gasteiger partial charge in [-0.1, -0.05) is 6.26 Å². The van der Waals surface area contributed by atoms with E-state index < -0.39 is 0 Å². The summed E-state index contributed by atoms with van der Waals surface area (Å²) < 4.78 is 0. The Hall–Kier alpha value is 0.314. The average Bonchev–Trinajstić information content (AvgIpc) is 1.68. The minimum Gasteiger partial charge on any atom is -0.552 e. The Kier molecular flexibility index (Phi) is 10.2. The van der Waals surface area contributed by atoms with Crippen molar-refractivity contribution in [2.75, 3.05) is 0 Å². The molecule has 0 aliphatic rings. The van der Waals surface area contributed by atoms with Crippen molar-refractivity contribution in [2.45, 2.75) is 6.42 Å². The average molecular weight is 187 g/mol. The number of hydrogen-bond donors (Lipinski definition) is 1. The minimum absolute atomic E-state index is 0. The summed E-state index contributed by atoms with van der Waals surface area (Å²) in [5.41, 5.74) is 0. The molecule has 3 heteroatoms. The molecule has 43 valence electrons. The van der Waals surface area contributed by atoms with Gasteiger partial charge >= 0.3 is 0 Å². The third kappa shape index (κ3) is 6.31. The fraction of sp³-hybridized carbons (Fsp3) is 0.200. The first-order valence-corrected chi connectivity index (χ1v) is 1.85. The largest absolute Gasteiger partial charge is 0.552 e. The van der Waals surface area contributed by atoms with Crippen molar-refractivity contribution in [3.63, 3.8) is 0 Å². The quantitative estimate of drug-likeness (QED) is 0.391. The van der Waals surface area contributed by atoms with Crippen LogP contribution in [-0.4, -0.2) is 10.9 Å². The van der Waals surface area contributed by atoms with Gasteiger partial charge in [-0.2, -0.15) is 6.42 Å². The number of allylic oxidation sites excluding steroid dienone is 1. The predicted octanol–water partition coefficient (Wildman–Crippen LogP) is 0.652. The van der Waals surface area contributed by atoms with E-state index in [-0.39, 0.29) is 44.9 Å². The monoisotopic (exact) mass is 187 g/mol. The zero-order chi connectivity index (χ0) is 5.70. The van der Waals surface area contributed by atoms with E-state index in [1.807, 2.05) is 6.08 Å². The van der Waals surface area contributed by atoms with Crippen LogP contribution in [0.5, 0.6) is 0 Å². The van der Waals surface area contributed by atoms with Crippen molar-refractivity contribution in [1.29, 1.82) is 0 Å². The molecule has 0 heterocycles. The first kappa shape index (κ1) is 11.2. The van der Waals surface area contributed by atoms with E-state index in [1.54, 1.807) is 0 Å². The Morgan fingerprint density at radius 3 is 2.50 bits per heavy atom. The van der Waals surface area contributed by atoms with Crippen LogP contribution in [0.3, 0.4) is 0 Å². The van der Waals surface area contributed by atoms with Crippen molar-refractivity contribution < 1.29 is 42.6 Å². The molecule has 0 amide bonds. The fourth-order valence-corrected chi connectivity index (χ4v) is 0.144. The molecular weight excluding hydrogens is 181 g/mol. The SMILES string of the molecule is [CH2-]CC(=O)[C-]=CO.[Y]. The molecule has 8 heavy (non-hydrogen) atoms. The molecule has 0 aliphatic heterocycles. The Morgan fingerprint density at radius 1 is 1.88 bits per heavy atom. The van der Waals surface area contributed by atoms with Crippen LogP contribution in [0.4, 0.5) is 0 Å². The second-order valence-electron chi connectivity index (χ2n) is 0.947. The Bertz CT molecular complexity index is 88.4. The molecule has 0 aliphatic carbocycles. The number of carbonyl (C=O) groups is 1. The van der Waals surface area contributed by atoms with Crippen molar-refractivity contribution in [3.05, 3.63) is 19.3 Å². The molecule has 0 rings (SSSR count). The molecule has 1 radical (unpaired) electrons. The number of ketones is 1. The molecule has 2 nitrogen and oxygen atoms in total. The number of aliphatic hydroxyl groups excluding tert-OH is 1. The summed E-state index contributed by atoms with van der Waals surface area (Å²) >= 11 is 0. The van der Waals surface area contributed by atoms with Crippen molar-refractivity contribution >= 4 is 5.78 Å². The van der Waals surface area contributed by atoms with Crippen LogP contribution in [0, 0.1) is 13.0 Å². The van der Waals surface area contributed by atoms with Crippen LogP contribution in [-0.2, 0) is 37.5 Å². The standard InChI is InChI=1S/C5H6O2.Y/c1-2-5(7)3-4-6;/h4,6H,1-2H2;/q-2;. The van der Waals surface area contributed by atoms with Crippen LogP contribution in [0.1, 0.15) is 6.42 Å². The molecule has 0 aromatic carbocycles. The smallest absolute Gasteiger partial charge is 0 e. The normalized spacial score (nSPS) is 8.62. The second-order valence-corrected chi connectivity index (χ2v) is 0.947. The molecule has 0 bridgehead atoms. The summed E-state index contributed by atoms with van der Waals surface area (Å²) in [6.07, 6.45) is 2.76. The maximum absolute atomic E-state index is 10.0. The zero-order valence-corrected chi connectivity index (χ0v) is 7.26. The van der Waals surface area contributed by atoms with E-state index in [1.165, 1.54) is 0 Å². The van der Waals surface area contributed by atoms with Gasteiger partial charge in [0, 0.05) is 32.7 Å². The van der Waals surface area contributed by atoms with Crippen molar-refractivity contribution in [2.24, 2.45) is 0 Å². The summed E-state index contributed by atoms with van der Waals surface area (Å²) in [5, 5.41) is 7.88. The first-order chi connectivity index (χ1) is 3.31. The van der Waals surface area contributed by atoms with Crippen LogP contribution < -0.4 is 0 Å². The molecular formula is C5H6O2Y-2. The summed E-state index contributed by atoms with van der Waals surface area (Å²) in [6, 6.07) is 0. The van der Waals surface area contributed by atoms with Gasteiger partial charge < -0.3 is 22.9 Å². The molecule has 0 saturated heterocycles. The summed E-state index contributed by atoms with van der Waals surface area (Å²) in [6.45, 7) is 3.26. The van der Waals surface area contributed by atoms with Gasteiger partial charge in [-0.25, -0.2) is 0 Å². The number of hydrogen-bond acceptors (Lipinski definition) is 2. The molecule has 0 aromatic heterocycles. The van der Waals surface area contributed by atoms with Gasteiger partial charge in [0.25, 0.3) is 0 Å². The van der Waals surface area contributed by atoms with Crippen LogP contribution in [0.2, 0.25) is 0 Å². The molecule has 1 N–H and O–H groups in total. The van der Waals surface area contributed by atoms with Crippen LogP contribution >= 0.6 is 0 Å². The second kappa shape index (κ2) is 7.31. The van der Waals surface area contributed by atoms with E-state index in [2.05, 4.69) is 6.92 Å². The van der Waals surface area contributed by atoms with Gasteiger partial charge in [0.05, 0.1) is 0 Å². The topological polar surface area (TPSA) is 37.3 Å². The number of carbonyl (C=O) groups excluding carboxylic acids is 1. The van der Waals surface area contributed by atoms with Gasteiger partial charge in [0.15, 0.2) is 0 Å². The van der Waals surface area contributed by atoms with Crippen LogP contribution in [0.25, 0.3) is 0 Å². The number of aliphatic hydroxyl groups is 1. The Balaban J connectivity index is 0. The van der Waals surface area contributed by atoms with E-state index in [4.69, 9.17) is 5.11 Å². The fourth-order valence-electron chi connectivity index (χ4n) is 0.144. The number of Topliss-reactive ketones (excluding diaryl/α,β-unsaturated/α-hetero) is 1. The molecule has 0 atom stereocenters. The Labute approximate surface area is 73.8 Å². The summed E-state index contributed by atoms with van der Waals surface area (Å²) in [4.78, 5) is 10.0. The first-order valence-electron chi connectivity index (χ1n) is 1.85. The van der Waals surface area contributed by atoms with E-state index in [0.29, 0.717) is 6.26 Å². The van der Waals surface area contributed by atoms with Gasteiger partial charge in [0.2, 0.25) is 0 Å². The van der Waals surface area contributed by atoms with Crippen molar-refractivity contribution in [1.82, 2.24) is 0 Å². The number of rotatable bonds is 2. The summed E-state index contributed by atoms with van der Waals surface area (Å²) in [5.74, 6) is -0.289. The van der Waals surface area contributed by atoms with E-state index >= 15 is 0 Å². The van der Waals surface area contributed by atoms with Gasteiger partial charge in [-0.05, 0) is 5.78 Å². The van der Waals surface area contributed by atoms with Gasteiger partial charge in [-0.3, -0.25) is 0 Å². The molecule has 0 aromatic rings. The molecule has 0 spiro atoms. The molecule has 0 unspecified atom stereocenters. The van der Waals surface area contributed by atoms with Gasteiger partial charge in [0.1, 0.15) is 0 Å². The third-order valence-corrected chi connectivity index (χ3v) is 0.453. The molecule has 0 fully saturated rings. The van der Waals surface area contributed by atoms with E-state index in [0.717, 1.165) is 0 Å². The van der Waals surface area contributed by atoms with Crippen LogP contribution in [0.15, 0.2) is 6.26 Å². The molecule has 0 saturated carbocycles. The third-order valence-electron chi connectivity index (χ3n) is 0.453. The van der Waals surface area contributed by atoms with Gasteiger partial charge in [-0.15, -0.1) is 0 Å². The van der Waals surface area contributed by atoms with E-state index in [9.17, 15) is 4.79 Å². The summed E-state index contributed by atoms with van der Waals surface area (Å²) in [7, 11) is 0. The maximum Gasteiger partial charge on any atom is 0 e. The minimum atomic E-state index is -0.289. The zero-order valence-electron chi connectivity index (χ0n) is 4.42. The Morgan fingerprint density at radius 2 is 2.38 bits per heavy atom. The predicted molar refractivity (Wildman–Crippen MR) is 25.4 cm³/mol. The maximum atomic E-state index is 10.0.